The summed E-state index contributed by atoms with van der Waals surface area (Å²) in [5.74, 6) is 0. The molecule has 2 amide bonds. The third kappa shape index (κ3) is 8.15. The second-order valence-electron chi connectivity index (χ2n) is 2.91. The smallest absolute Gasteiger partial charge is 0.317 e. The van der Waals surface area contributed by atoms with Crippen molar-refractivity contribution in [1.29, 1.82) is 0 Å². The van der Waals surface area contributed by atoms with E-state index in [9.17, 15) is 4.79 Å². The van der Waals surface area contributed by atoms with Crippen LogP contribution in [0.3, 0.4) is 0 Å². The van der Waals surface area contributed by atoms with Crippen LogP contribution >= 0.6 is 24.2 Å². The molecule has 18 heavy (non-hydrogen) atoms. The van der Waals surface area contributed by atoms with Crippen molar-refractivity contribution in [2.75, 3.05) is 25.7 Å². The van der Waals surface area contributed by atoms with Crippen molar-refractivity contribution < 1.29 is 15.2 Å². The van der Waals surface area contributed by atoms with Crippen molar-refractivity contribution in [3.05, 3.63) is 24.3 Å². The molecule has 0 spiro atoms. The van der Waals surface area contributed by atoms with Crippen molar-refractivity contribution in [3.8, 4) is 0 Å². The predicted molar refractivity (Wildman–Crippen MR) is 74.9 cm³/mol. The topological polar surface area (TPSA) is 84.8 Å². The van der Waals surface area contributed by atoms with Crippen LogP contribution in [-0.4, -0.2) is 41.9 Å². The SMILES string of the molecule is CNO.CSc1ccc(NC(=O)N(C)O)cc1.Cl. The van der Waals surface area contributed by atoms with E-state index in [1.54, 1.807) is 29.4 Å². The number of hydroxylamine groups is 3. The zero-order chi connectivity index (χ0) is 13.3. The third-order valence-electron chi connectivity index (χ3n) is 1.64. The molecule has 0 aliphatic carbocycles. The molecule has 0 heterocycles. The highest BCUT2D eigenvalue weighted by Gasteiger charge is 2.04. The molecule has 0 aromatic heterocycles. The molecule has 0 unspecified atom stereocenters. The van der Waals surface area contributed by atoms with Gasteiger partial charge in [-0.3, -0.25) is 5.21 Å². The second kappa shape index (κ2) is 11.1. The van der Waals surface area contributed by atoms with Crippen LogP contribution in [0.5, 0.6) is 0 Å². The van der Waals surface area contributed by atoms with Crippen molar-refractivity contribution in [1.82, 2.24) is 10.5 Å². The highest BCUT2D eigenvalue weighted by atomic mass is 35.5. The number of rotatable bonds is 2. The van der Waals surface area contributed by atoms with E-state index in [2.05, 4.69) is 5.32 Å². The zero-order valence-electron chi connectivity index (χ0n) is 10.4. The van der Waals surface area contributed by atoms with E-state index in [0.717, 1.165) is 4.90 Å². The molecule has 8 heteroatoms. The summed E-state index contributed by atoms with van der Waals surface area (Å²) in [4.78, 5) is 12.2. The normalized spacial score (nSPS) is 8.50. The summed E-state index contributed by atoms with van der Waals surface area (Å²) in [7, 11) is 2.70. The number of hydrogen-bond acceptors (Lipinski definition) is 5. The lowest BCUT2D eigenvalue weighted by Gasteiger charge is -2.10. The molecule has 4 N–H and O–H groups in total. The van der Waals surface area contributed by atoms with Gasteiger partial charge in [0.1, 0.15) is 0 Å². The van der Waals surface area contributed by atoms with Crippen LogP contribution in [0, 0.1) is 0 Å². The van der Waals surface area contributed by atoms with Gasteiger partial charge in [0, 0.05) is 24.7 Å². The second-order valence-corrected chi connectivity index (χ2v) is 3.79. The van der Waals surface area contributed by atoms with E-state index in [1.807, 2.05) is 18.4 Å². The molecule has 0 saturated carbocycles. The van der Waals surface area contributed by atoms with Gasteiger partial charge in [-0.05, 0) is 30.5 Å². The first-order valence-corrected chi connectivity index (χ1v) is 5.96. The minimum atomic E-state index is -0.554. The van der Waals surface area contributed by atoms with Crippen molar-refractivity contribution in [2.24, 2.45) is 0 Å². The van der Waals surface area contributed by atoms with Gasteiger partial charge >= 0.3 is 6.03 Å². The fraction of sp³-hybridized carbons (Fsp3) is 0.300. The van der Waals surface area contributed by atoms with E-state index < -0.39 is 6.03 Å². The molecular formula is C10H18ClN3O3S. The number of thioether (sulfide) groups is 1. The Morgan fingerprint density at radius 1 is 1.33 bits per heavy atom. The van der Waals surface area contributed by atoms with Crippen LogP contribution in [0.25, 0.3) is 0 Å². The molecule has 0 bridgehead atoms. The van der Waals surface area contributed by atoms with Gasteiger partial charge in [-0.1, -0.05) is 0 Å². The number of halogens is 1. The number of urea groups is 1. The first-order valence-electron chi connectivity index (χ1n) is 4.73. The van der Waals surface area contributed by atoms with Gasteiger partial charge in [-0.15, -0.1) is 24.2 Å². The molecule has 0 atom stereocenters. The largest absolute Gasteiger partial charge is 0.345 e. The highest BCUT2D eigenvalue weighted by molar-refractivity contribution is 7.98. The molecule has 104 valence electrons. The van der Waals surface area contributed by atoms with Crippen LogP contribution in [0.4, 0.5) is 10.5 Å². The summed E-state index contributed by atoms with van der Waals surface area (Å²) in [6.45, 7) is 0. The summed E-state index contributed by atoms with van der Waals surface area (Å²) < 4.78 is 0. The Labute approximate surface area is 117 Å². The summed E-state index contributed by atoms with van der Waals surface area (Å²) in [5, 5.41) is 19.1. The quantitative estimate of drug-likeness (QED) is 0.382. The monoisotopic (exact) mass is 295 g/mol. The number of amides is 2. The van der Waals surface area contributed by atoms with Crippen LogP contribution in [0.15, 0.2) is 29.2 Å². The van der Waals surface area contributed by atoms with Crippen LogP contribution in [0.2, 0.25) is 0 Å². The lowest BCUT2D eigenvalue weighted by molar-refractivity contribution is -0.0118. The van der Waals surface area contributed by atoms with Gasteiger partial charge < -0.3 is 10.5 Å². The molecule has 0 radical (unpaired) electrons. The maximum absolute atomic E-state index is 11.0. The Morgan fingerprint density at radius 3 is 2.11 bits per heavy atom. The maximum atomic E-state index is 11.0. The molecule has 0 aliphatic heterocycles. The molecular weight excluding hydrogens is 278 g/mol. The summed E-state index contributed by atoms with van der Waals surface area (Å²) >= 11 is 1.63. The molecule has 1 rings (SSSR count). The molecule has 0 aliphatic rings. The lowest BCUT2D eigenvalue weighted by atomic mass is 10.3. The Balaban J connectivity index is 0. The number of carbonyl (C=O) groups excluding carboxylic acids is 1. The Bertz CT molecular complexity index is 336. The van der Waals surface area contributed by atoms with Crippen molar-refractivity contribution in [3.63, 3.8) is 0 Å². The predicted octanol–water partition coefficient (Wildman–Crippen LogP) is 2.28. The fourth-order valence-corrected chi connectivity index (χ4v) is 1.29. The molecule has 0 saturated heterocycles. The van der Waals surface area contributed by atoms with Crippen molar-refractivity contribution in [2.45, 2.75) is 4.90 Å². The average molecular weight is 296 g/mol. The van der Waals surface area contributed by atoms with Crippen LogP contribution in [0.1, 0.15) is 0 Å². The molecule has 6 nitrogen and oxygen atoms in total. The Hall–Kier alpha value is -0.990. The number of anilines is 1. The van der Waals surface area contributed by atoms with Crippen molar-refractivity contribution >= 4 is 35.9 Å². The number of nitrogens with zero attached hydrogens (tertiary/aromatic N) is 1. The number of carbonyl (C=O) groups is 1. The average Bonchev–Trinajstić information content (AvgIpc) is 2.31. The van der Waals surface area contributed by atoms with E-state index in [1.165, 1.54) is 14.1 Å². The maximum Gasteiger partial charge on any atom is 0.345 e. The van der Waals surface area contributed by atoms with E-state index in [-0.39, 0.29) is 12.4 Å². The van der Waals surface area contributed by atoms with E-state index in [0.29, 0.717) is 10.8 Å². The summed E-state index contributed by atoms with van der Waals surface area (Å²) in [6, 6.07) is 6.82. The van der Waals surface area contributed by atoms with Gasteiger partial charge in [0.2, 0.25) is 0 Å². The molecule has 1 aromatic rings. The van der Waals surface area contributed by atoms with Gasteiger partial charge in [-0.25, -0.2) is 15.3 Å². The lowest BCUT2D eigenvalue weighted by Crippen LogP contribution is -2.27. The summed E-state index contributed by atoms with van der Waals surface area (Å²) in [6.07, 6.45) is 1.98. The van der Waals surface area contributed by atoms with Gasteiger partial charge in [-0.2, -0.15) is 0 Å². The van der Waals surface area contributed by atoms with Crippen LogP contribution in [-0.2, 0) is 0 Å². The number of benzene rings is 1. The van der Waals surface area contributed by atoms with Crippen LogP contribution < -0.4 is 10.8 Å². The number of nitrogens with one attached hydrogen (secondary N) is 2. The third-order valence-corrected chi connectivity index (χ3v) is 2.38. The minimum absolute atomic E-state index is 0. The standard InChI is InChI=1S/C9H12N2O2S.CH5NO.ClH/c1-11(13)9(12)10-7-3-5-8(14-2)6-4-7;1-2-3;/h3-6,13H,1-2H3,(H,10,12);2-3H,1H3;1H. The van der Waals surface area contributed by atoms with Gasteiger partial charge in [0.25, 0.3) is 0 Å². The van der Waals surface area contributed by atoms with Gasteiger partial charge in [0.15, 0.2) is 0 Å². The Morgan fingerprint density at radius 2 is 1.78 bits per heavy atom. The first kappa shape index (κ1) is 19.4. The summed E-state index contributed by atoms with van der Waals surface area (Å²) in [5.41, 5.74) is 2.41. The molecule has 0 fully saturated rings. The Kier molecular flexibility index (Phi) is 12.0. The molecule has 1 aromatic carbocycles. The van der Waals surface area contributed by atoms with Gasteiger partial charge in [0.05, 0.1) is 0 Å². The van der Waals surface area contributed by atoms with E-state index >= 15 is 0 Å². The first-order chi connectivity index (χ1) is 8.04. The van der Waals surface area contributed by atoms with E-state index in [4.69, 9.17) is 10.4 Å². The highest BCUT2D eigenvalue weighted by Crippen LogP contribution is 2.17. The minimum Gasteiger partial charge on any atom is -0.317 e. The number of hydrogen-bond donors (Lipinski definition) is 4. The zero-order valence-corrected chi connectivity index (χ0v) is 12.0. The fourth-order valence-electron chi connectivity index (χ4n) is 0.879.